The van der Waals surface area contributed by atoms with Crippen LogP contribution in [0.4, 0.5) is 16.2 Å². The highest BCUT2D eigenvalue weighted by Gasteiger charge is 2.27. The fourth-order valence-electron chi connectivity index (χ4n) is 5.06. The minimum Gasteiger partial charge on any atom is -0.399 e. The number of fused-ring (bicyclic) bond motifs is 1. The highest BCUT2D eigenvalue weighted by atomic mass is 16.2. The number of nitrogen functional groups attached to an aromatic ring is 1. The smallest absolute Gasteiger partial charge is 0.331 e. The van der Waals surface area contributed by atoms with Crippen LogP contribution in [0.1, 0.15) is 55.9 Å². The van der Waals surface area contributed by atoms with E-state index in [0.29, 0.717) is 53.4 Å². The Morgan fingerprint density at radius 1 is 1.05 bits per heavy atom. The molecule has 200 valence electrons. The van der Waals surface area contributed by atoms with Crippen molar-refractivity contribution in [1.29, 1.82) is 0 Å². The Bertz CT molecular complexity index is 1490. The number of benzene rings is 2. The molecule has 2 aromatic carbocycles. The third-order valence-electron chi connectivity index (χ3n) is 7.29. The molecule has 0 radical (unpaired) electrons. The van der Waals surface area contributed by atoms with Gasteiger partial charge in [0.25, 0.3) is 11.5 Å². The summed E-state index contributed by atoms with van der Waals surface area (Å²) in [5, 5.41) is 6.32. The maximum atomic E-state index is 13.3. The van der Waals surface area contributed by atoms with Gasteiger partial charge < -0.3 is 21.3 Å². The van der Waals surface area contributed by atoms with Crippen molar-refractivity contribution in [2.24, 2.45) is 5.92 Å². The van der Waals surface area contributed by atoms with E-state index in [4.69, 9.17) is 5.73 Å². The van der Waals surface area contributed by atoms with Gasteiger partial charge in [0.05, 0.1) is 10.9 Å². The average molecular weight is 519 g/mol. The number of nitrogens with two attached hydrogens (primary N) is 1. The molecule has 1 aliphatic carbocycles. The van der Waals surface area contributed by atoms with E-state index >= 15 is 0 Å². The first-order valence-corrected chi connectivity index (χ1v) is 13.2. The topological polar surface area (TPSA) is 131 Å². The van der Waals surface area contributed by atoms with Crippen LogP contribution in [0.5, 0.6) is 0 Å². The van der Waals surface area contributed by atoms with Crippen LogP contribution >= 0.6 is 0 Å². The van der Waals surface area contributed by atoms with Crippen LogP contribution in [0, 0.1) is 5.92 Å². The number of carbonyl (C=O) groups excluding carboxylic acids is 2. The molecule has 1 atom stereocenters. The second-order valence-electron chi connectivity index (χ2n) is 10.6. The number of anilines is 2. The largest absolute Gasteiger partial charge is 0.399 e. The Hall–Kier alpha value is -4.08. The van der Waals surface area contributed by atoms with Gasteiger partial charge in [0, 0.05) is 48.7 Å². The molecule has 1 aliphatic heterocycles. The van der Waals surface area contributed by atoms with Crippen molar-refractivity contribution in [2.45, 2.75) is 58.2 Å². The number of aromatic nitrogens is 2. The van der Waals surface area contributed by atoms with Gasteiger partial charge in [-0.15, -0.1) is 0 Å². The first-order valence-electron chi connectivity index (χ1n) is 13.2. The fraction of sp³-hybridized carbons (Fsp3) is 0.429. The molecule has 2 heterocycles. The molecule has 2 fully saturated rings. The van der Waals surface area contributed by atoms with Crippen molar-refractivity contribution >= 4 is 34.2 Å². The zero-order valence-electron chi connectivity index (χ0n) is 21.8. The molecule has 10 heteroatoms. The van der Waals surface area contributed by atoms with Gasteiger partial charge in [-0.25, -0.2) is 9.59 Å². The number of rotatable bonds is 6. The fourth-order valence-corrected chi connectivity index (χ4v) is 5.06. The maximum absolute atomic E-state index is 13.3. The number of amides is 3. The number of urea groups is 1. The van der Waals surface area contributed by atoms with Gasteiger partial charge in [-0.05, 0) is 87.9 Å². The van der Waals surface area contributed by atoms with Gasteiger partial charge in [-0.2, -0.15) is 0 Å². The van der Waals surface area contributed by atoms with E-state index in [1.54, 1.807) is 51.9 Å². The van der Waals surface area contributed by atoms with Crippen LogP contribution in [0.2, 0.25) is 0 Å². The normalized spacial score (nSPS) is 17.6. The Morgan fingerprint density at radius 2 is 1.79 bits per heavy atom. The molecule has 1 saturated heterocycles. The number of hydrogen-bond donors (Lipinski definition) is 3. The molecule has 1 saturated carbocycles. The summed E-state index contributed by atoms with van der Waals surface area (Å²) in [5.74, 6) is 0.166. The average Bonchev–Trinajstić information content (AvgIpc) is 3.71. The van der Waals surface area contributed by atoms with Crippen LogP contribution in [0.25, 0.3) is 10.9 Å². The van der Waals surface area contributed by atoms with E-state index in [1.807, 2.05) is 13.8 Å². The van der Waals surface area contributed by atoms with Gasteiger partial charge in [0.1, 0.15) is 0 Å². The maximum Gasteiger partial charge on any atom is 0.331 e. The molecule has 0 spiro atoms. The van der Waals surface area contributed by atoms with Crippen LogP contribution in [0.15, 0.2) is 52.1 Å². The predicted octanol–water partition coefficient (Wildman–Crippen LogP) is 3.16. The van der Waals surface area contributed by atoms with Crippen molar-refractivity contribution in [3.8, 4) is 0 Å². The highest BCUT2D eigenvalue weighted by Crippen LogP contribution is 2.30. The molecule has 2 aliphatic rings. The molecule has 38 heavy (non-hydrogen) atoms. The highest BCUT2D eigenvalue weighted by molar-refractivity contribution is 5.95. The number of nitrogens with zero attached hydrogens (tertiary/aromatic N) is 3. The lowest BCUT2D eigenvalue weighted by atomic mass is 10.1. The lowest BCUT2D eigenvalue weighted by Gasteiger charge is -2.33. The Morgan fingerprint density at radius 3 is 2.47 bits per heavy atom. The number of hydrogen-bond acceptors (Lipinski definition) is 5. The molecular weight excluding hydrogens is 484 g/mol. The lowest BCUT2D eigenvalue weighted by Crippen LogP contribution is -2.50. The molecule has 0 bridgehead atoms. The summed E-state index contributed by atoms with van der Waals surface area (Å²) in [6.45, 7) is 5.20. The van der Waals surface area contributed by atoms with Gasteiger partial charge >= 0.3 is 11.7 Å². The summed E-state index contributed by atoms with van der Waals surface area (Å²) in [6, 6.07) is 11.2. The molecule has 3 amide bonds. The van der Waals surface area contributed by atoms with E-state index in [9.17, 15) is 19.2 Å². The van der Waals surface area contributed by atoms with Gasteiger partial charge in [0.15, 0.2) is 0 Å². The third kappa shape index (κ3) is 5.29. The van der Waals surface area contributed by atoms with E-state index in [2.05, 4.69) is 10.6 Å². The summed E-state index contributed by atoms with van der Waals surface area (Å²) < 4.78 is 2.98. The molecule has 3 aromatic rings. The number of carbonyl (C=O) groups is 2. The Balaban J connectivity index is 1.32. The van der Waals surface area contributed by atoms with E-state index < -0.39 is 0 Å². The van der Waals surface area contributed by atoms with Gasteiger partial charge in [-0.1, -0.05) is 0 Å². The summed E-state index contributed by atoms with van der Waals surface area (Å²) in [4.78, 5) is 53.8. The quantitative estimate of drug-likeness (QED) is 0.432. The van der Waals surface area contributed by atoms with Crippen molar-refractivity contribution in [2.75, 3.05) is 24.1 Å². The minimum absolute atomic E-state index is 0.120. The first kappa shape index (κ1) is 25.6. The van der Waals surface area contributed by atoms with Crippen LogP contribution in [-0.4, -0.2) is 45.1 Å². The monoisotopic (exact) mass is 518 g/mol. The number of likely N-dealkylation sites (tertiary alicyclic amines) is 1. The molecule has 1 aromatic heterocycles. The van der Waals surface area contributed by atoms with Gasteiger partial charge in [0.2, 0.25) is 0 Å². The lowest BCUT2D eigenvalue weighted by molar-refractivity contribution is 0.0913. The van der Waals surface area contributed by atoms with E-state index in [1.165, 1.54) is 4.57 Å². The number of piperidine rings is 1. The Labute approximate surface area is 220 Å². The zero-order chi connectivity index (χ0) is 27.0. The van der Waals surface area contributed by atoms with Gasteiger partial charge in [-0.3, -0.25) is 18.7 Å². The minimum atomic E-state index is -0.326. The summed E-state index contributed by atoms with van der Waals surface area (Å²) in [7, 11) is 0. The third-order valence-corrected chi connectivity index (χ3v) is 7.29. The van der Waals surface area contributed by atoms with Crippen LogP contribution < -0.4 is 27.6 Å². The Kier molecular flexibility index (Phi) is 6.96. The number of nitrogens with one attached hydrogen (secondary N) is 2. The second-order valence-corrected chi connectivity index (χ2v) is 10.6. The molecule has 5 rings (SSSR count). The van der Waals surface area contributed by atoms with Crippen LogP contribution in [-0.2, 0) is 6.54 Å². The van der Waals surface area contributed by atoms with E-state index in [0.717, 1.165) is 25.7 Å². The summed E-state index contributed by atoms with van der Waals surface area (Å²) in [6.07, 6.45) is 3.58. The van der Waals surface area contributed by atoms with Crippen molar-refractivity contribution < 1.29 is 9.59 Å². The van der Waals surface area contributed by atoms with Crippen molar-refractivity contribution in [3.05, 3.63) is 68.9 Å². The van der Waals surface area contributed by atoms with Crippen molar-refractivity contribution in [1.82, 2.24) is 19.4 Å². The standard InChI is InChI=1S/C28H34N6O4/c1-17(2)34-24-12-11-21(14-23(24)26(36)33(28(34)38)15-18-5-6-18)31-27(37)32-13-3-4-22(16-32)30-25(35)19-7-9-20(29)10-8-19/h7-12,14,17-18,22H,3-6,13,15-16,29H2,1-2H3,(H,30,35)(H,31,37)/t22-/m1/s1. The molecule has 4 N–H and O–H groups in total. The molecular formula is C28H34N6O4. The van der Waals surface area contributed by atoms with Crippen molar-refractivity contribution in [3.63, 3.8) is 0 Å². The molecule has 10 nitrogen and oxygen atoms in total. The first-order chi connectivity index (χ1) is 18.2. The zero-order valence-corrected chi connectivity index (χ0v) is 21.8. The summed E-state index contributed by atoms with van der Waals surface area (Å²) >= 11 is 0. The second kappa shape index (κ2) is 10.4. The molecule has 0 unspecified atom stereocenters. The van der Waals surface area contributed by atoms with Crippen LogP contribution in [0.3, 0.4) is 0 Å². The summed E-state index contributed by atoms with van der Waals surface area (Å²) in [5.41, 5.74) is 7.24. The van der Waals surface area contributed by atoms with E-state index in [-0.39, 0.29) is 35.3 Å². The predicted molar refractivity (Wildman–Crippen MR) is 148 cm³/mol. The SMILES string of the molecule is CC(C)n1c(=O)n(CC2CC2)c(=O)c2cc(NC(=O)N3CCC[C@@H](NC(=O)c4ccc(N)cc4)C3)ccc21.